The van der Waals surface area contributed by atoms with E-state index < -0.39 is 0 Å². The molecular weight excluding hydrogens is 307 g/mol. The van der Waals surface area contributed by atoms with Gasteiger partial charge in [-0.05, 0) is 24.6 Å². The molecule has 2 heterocycles. The largest absolute Gasteiger partial charge is 0.249 e. The maximum atomic E-state index is 12.9. The standard InChI is InChI=1S/C14H12ClFN6/c1-10-13(6-19-21-8-17-18-9-21)14(15)22(20-10)7-11-2-4-12(16)5-3-11/h2-6,8-9H,7H2,1H3. The van der Waals surface area contributed by atoms with Crippen molar-refractivity contribution in [2.24, 2.45) is 5.10 Å². The van der Waals surface area contributed by atoms with Crippen molar-refractivity contribution >= 4 is 17.8 Å². The van der Waals surface area contributed by atoms with Gasteiger partial charge in [-0.3, -0.25) is 0 Å². The molecule has 1 aromatic carbocycles. The summed E-state index contributed by atoms with van der Waals surface area (Å²) in [5.41, 5.74) is 2.38. The lowest BCUT2D eigenvalue weighted by Gasteiger charge is -2.03. The van der Waals surface area contributed by atoms with Crippen LogP contribution in [-0.2, 0) is 6.54 Å². The average Bonchev–Trinajstić information content (AvgIpc) is 3.10. The monoisotopic (exact) mass is 318 g/mol. The van der Waals surface area contributed by atoms with E-state index in [4.69, 9.17) is 11.6 Å². The zero-order chi connectivity index (χ0) is 15.5. The van der Waals surface area contributed by atoms with Crippen molar-refractivity contribution in [3.05, 3.63) is 64.7 Å². The number of halogens is 2. The lowest BCUT2D eigenvalue weighted by molar-refractivity contribution is 0.624. The average molecular weight is 319 g/mol. The molecule has 0 saturated heterocycles. The smallest absolute Gasteiger partial charge is 0.141 e. The first-order valence-corrected chi connectivity index (χ1v) is 6.87. The summed E-state index contributed by atoms with van der Waals surface area (Å²) in [5.74, 6) is -0.270. The Morgan fingerprint density at radius 3 is 2.59 bits per heavy atom. The van der Waals surface area contributed by atoms with Gasteiger partial charge >= 0.3 is 0 Å². The summed E-state index contributed by atoms with van der Waals surface area (Å²) < 4.78 is 16.0. The summed E-state index contributed by atoms with van der Waals surface area (Å²) >= 11 is 6.35. The lowest BCUT2D eigenvalue weighted by Crippen LogP contribution is -2.02. The van der Waals surface area contributed by atoms with E-state index in [0.29, 0.717) is 11.7 Å². The second-order valence-electron chi connectivity index (χ2n) is 4.66. The molecule has 0 N–H and O–H groups in total. The highest BCUT2D eigenvalue weighted by atomic mass is 35.5. The zero-order valence-corrected chi connectivity index (χ0v) is 12.4. The van der Waals surface area contributed by atoms with E-state index in [-0.39, 0.29) is 5.82 Å². The minimum absolute atomic E-state index is 0.270. The van der Waals surface area contributed by atoms with Gasteiger partial charge in [0, 0.05) is 0 Å². The Morgan fingerprint density at radius 1 is 1.23 bits per heavy atom. The molecule has 0 aliphatic rings. The number of nitrogens with zero attached hydrogens (tertiary/aromatic N) is 6. The van der Waals surface area contributed by atoms with Gasteiger partial charge < -0.3 is 0 Å². The third-order valence-corrected chi connectivity index (χ3v) is 3.48. The number of aryl methyl sites for hydroxylation is 1. The molecule has 6 nitrogen and oxygen atoms in total. The molecule has 3 aromatic rings. The van der Waals surface area contributed by atoms with Crippen LogP contribution in [0.15, 0.2) is 42.0 Å². The minimum atomic E-state index is -0.270. The molecule has 0 aliphatic carbocycles. The predicted octanol–water partition coefficient (Wildman–Crippen LogP) is 2.51. The number of aromatic nitrogens is 5. The summed E-state index contributed by atoms with van der Waals surface area (Å²) in [6, 6.07) is 6.23. The summed E-state index contributed by atoms with van der Waals surface area (Å²) in [7, 11) is 0. The fourth-order valence-electron chi connectivity index (χ4n) is 1.96. The Morgan fingerprint density at radius 2 is 1.91 bits per heavy atom. The summed E-state index contributed by atoms with van der Waals surface area (Å²) in [5, 5.41) is 16.4. The molecule has 0 bridgehead atoms. The maximum absolute atomic E-state index is 12.9. The maximum Gasteiger partial charge on any atom is 0.141 e. The Balaban J connectivity index is 1.85. The predicted molar refractivity (Wildman–Crippen MR) is 80.5 cm³/mol. The summed E-state index contributed by atoms with van der Waals surface area (Å²) in [6.07, 6.45) is 4.56. The molecule has 22 heavy (non-hydrogen) atoms. The second kappa shape index (κ2) is 6.07. The van der Waals surface area contributed by atoms with Crippen LogP contribution in [0.1, 0.15) is 16.8 Å². The molecule has 0 radical (unpaired) electrons. The molecular formula is C14H12ClFN6. The first-order chi connectivity index (χ1) is 10.6. The Hall–Kier alpha value is -2.54. The van der Waals surface area contributed by atoms with Crippen molar-refractivity contribution in [2.45, 2.75) is 13.5 Å². The van der Waals surface area contributed by atoms with Crippen molar-refractivity contribution < 1.29 is 4.39 Å². The highest BCUT2D eigenvalue weighted by Gasteiger charge is 2.12. The molecule has 0 fully saturated rings. The van der Waals surface area contributed by atoms with E-state index in [2.05, 4.69) is 20.4 Å². The summed E-state index contributed by atoms with van der Waals surface area (Å²) in [6.45, 7) is 2.31. The molecule has 2 aromatic heterocycles. The molecule has 112 valence electrons. The molecule has 0 atom stereocenters. The third kappa shape index (κ3) is 3.04. The van der Waals surface area contributed by atoms with Crippen molar-refractivity contribution in [1.29, 1.82) is 0 Å². The van der Waals surface area contributed by atoms with Crippen LogP contribution in [-0.4, -0.2) is 30.9 Å². The van der Waals surface area contributed by atoms with Crippen LogP contribution in [0, 0.1) is 12.7 Å². The molecule has 0 amide bonds. The molecule has 0 unspecified atom stereocenters. The van der Waals surface area contributed by atoms with Gasteiger partial charge in [-0.15, -0.1) is 10.2 Å². The van der Waals surface area contributed by atoms with Crippen LogP contribution in [0.2, 0.25) is 5.15 Å². The van der Waals surface area contributed by atoms with Crippen molar-refractivity contribution in [2.75, 3.05) is 0 Å². The van der Waals surface area contributed by atoms with E-state index >= 15 is 0 Å². The van der Waals surface area contributed by atoms with Crippen LogP contribution in [0.3, 0.4) is 0 Å². The van der Waals surface area contributed by atoms with Gasteiger partial charge in [-0.2, -0.15) is 10.2 Å². The number of rotatable bonds is 4. The Kier molecular flexibility index (Phi) is 3.97. The molecule has 0 aliphatic heterocycles. The minimum Gasteiger partial charge on any atom is -0.249 e. The molecule has 8 heteroatoms. The van der Waals surface area contributed by atoms with Crippen LogP contribution in [0.25, 0.3) is 0 Å². The van der Waals surface area contributed by atoms with Gasteiger partial charge in [0.25, 0.3) is 0 Å². The second-order valence-corrected chi connectivity index (χ2v) is 5.02. The number of hydrogen-bond donors (Lipinski definition) is 0. The highest BCUT2D eigenvalue weighted by molar-refractivity contribution is 6.32. The van der Waals surface area contributed by atoms with E-state index in [0.717, 1.165) is 16.8 Å². The van der Waals surface area contributed by atoms with Gasteiger partial charge in [-0.1, -0.05) is 23.7 Å². The molecule has 3 rings (SSSR count). The topological polar surface area (TPSA) is 60.9 Å². The number of benzene rings is 1. The van der Waals surface area contributed by atoms with Crippen LogP contribution < -0.4 is 0 Å². The van der Waals surface area contributed by atoms with E-state index in [1.54, 1.807) is 23.0 Å². The van der Waals surface area contributed by atoms with Gasteiger partial charge in [0.15, 0.2) is 0 Å². The SMILES string of the molecule is Cc1nn(Cc2ccc(F)cc2)c(Cl)c1C=Nn1cnnc1. The highest BCUT2D eigenvalue weighted by Crippen LogP contribution is 2.19. The van der Waals surface area contributed by atoms with Crippen LogP contribution >= 0.6 is 11.6 Å². The van der Waals surface area contributed by atoms with Gasteiger partial charge in [0.05, 0.1) is 24.0 Å². The fraction of sp³-hybridized carbons (Fsp3) is 0.143. The Labute approximate surface area is 130 Å². The first-order valence-electron chi connectivity index (χ1n) is 6.50. The zero-order valence-electron chi connectivity index (χ0n) is 11.7. The molecule has 0 spiro atoms. The van der Waals surface area contributed by atoms with Gasteiger partial charge in [-0.25, -0.2) is 13.7 Å². The van der Waals surface area contributed by atoms with Crippen molar-refractivity contribution in [3.63, 3.8) is 0 Å². The van der Waals surface area contributed by atoms with E-state index in [1.807, 2.05) is 6.92 Å². The number of hydrogen-bond acceptors (Lipinski definition) is 4. The van der Waals surface area contributed by atoms with E-state index in [9.17, 15) is 4.39 Å². The first kappa shape index (κ1) is 14.4. The third-order valence-electron chi connectivity index (χ3n) is 3.08. The molecule has 0 saturated carbocycles. The van der Waals surface area contributed by atoms with Crippen LogP contribution in [0.5, 0.6) is 0 Å². The summed E-state index contributed by atoms with van der Waals surface area (Å²) in [4.78, 5) is 0. The quantitative estimate of drug-likeness (QED) is 0.694. The van der Waals surface area contributed by atoms with Crippen molar-refractivity contribution in [3.8, 4) is 0 Å². The van der Waals surface area contributed by atoms with Gasteiger partial charge in [0.2, 0.25) is 0 Å². The van der Waals surface area contributed by atoms with E-state index in [1.165, 1.54) is 29.5 Å². The lowest BCUT2D eigenvalue weighted by atomic mass is 10.2. The Bertz CT molecular complexity index is 792. The van der Waals surface area contributed by atoms with Crippen molar-refractivity contribution in [1.82, 2.24) is 24.7 Å². The fourth-order valence-corrected chi connectivity index (χ4v) is 2.24. The van der Waals surface area contributed by atoms with Gasteiger partial charge in [0.1, 0.15) is 23.6 Å². The van der Waals surface area contributed by atoms with Crippen LogP contribution in [0.4, 0.5) is 4.39 Å². The normalized spacial score (nSPS) is 11.4.